The molecule has 1 saturated carbocycles. The first-order chi connectivity index (χ1) is 16.0. The van der Waals surface area contributed by atoms with Gasteiger partial charge in [-0.15, -0.1) is 0 Å². The summed E-state index contributed by atoms with van der Waals surface area (Å²) >= 11 is 13.7. The maximum atomic E-state index is 13.1. The van der Waals surface area contributed by atoms with Crippen LogP contribution in [0, 0.1) is 3.57 Å². The Kier molecular flexibility index (Phi) is 8.14. The third kappa shape index (κ3) is 5.81. The van der Waals surface area contributed by atoms with Crippen molar-refractivity contribution < 1.29 is 14.3 Å². The molecular formula is C25H26ClIN2O3S. The average molecular weight is 597 g/mol. The second kappa shape index (κ2) is 11.1. The molecule has 0 bridgehead atoms. The van der Waals surface area contributed by atoms with E-state index in [0.717, 1.165) is 40.4 Å². The number of nitrogens with one attached hydrogen (secondary N) is 1. The average Bonchev–Trinajstić information content (AvgIpc) is 3.08. The van der Waals surface area contributed by atoms with Crippen molar-refractivity contribution in [2.45, 2.75) is 51.7 Å². The second-order valence-electron chi connectivity index (χ2n) is 8.13. The Morgan fingerprint density at radius 2 is 1.91 bits per heavy atom. The molecule has 0 atom stereocenters. The number of nitrogens with zero attached hydrogens (tertiary/aromatic N) is 1. The Bertz CT molecular complexity index is 1070. The van der Waals surface area contributed by atoms with Crippen LogP contribution in [0.15, 0.2) is 42.1 Å². The molecule has 8 heteroatoms. The summed E-state index contributed by atoms with van der Waals surface area (Å²) in [5, 5.41) is 4.31. The van der Waals surface area contributed by atoms with Gasteiger partial charge in [0.05, 0.1) is 10.2 Å². The van der Waals surface area contributed by atoms with E-state index in [2.05, 4.69) is 27.9 Å². The minimum Gasteiger partial charge on any atom is -0.490 e. The fourth-order valence-electron chi connectivity index (χ4n) is 4.20. The number of carbonyl (C=O) groups excluding carboxylic acids is 1. The second-order valence-corrected chi connectivity index (χ2v) is 10.1. The molecule has 4 rings (SSSR count). The van der Waals surface area contributed by atoms with Gasteiger partial charge >= 0.3 is 0 Å². The van der Waals surface area contributed by atoms with Gasteiger partial charge in [-0.1, -0.05) is 43.0 Å². The van der Waals surface area contributed by atoms with Gasteiger partial charge in [0, 0.05) is 11.1 Å². The van der Waals surface area contributed by atoms with Crippen LogP contribution < -0.4 is 14.8 Å². The lowest BCUT2D eigenvalue weighted by Crippen LogP contribution is -2.41. The summed E-state index contributed by atoms with van der Waals surface area (Å²) in [4.78, 5) is 14.9. The molecule has 1 aliphatic carbocycles. The van der Waals surface area contributed by atoms with Crippen molar-refractivity contribution in [3.8, 4) is 11.5 Å². The summed E-state index contributed by atoms with van der Waals surface area (Å²) in [5.41, 5.74) is 2.37. The highest BCUT2D eigenvalue weighted by Gasteiger charge is 2.36. The molecular weight excluding hydrogens is 571 g/mol. The SMILES string of the molecule is CCOc1cc(/C=C2\NC(=S)N(C3CCCCC3)C2=O)cc(I)c1OCc1ccc(Cl)cc1. The lowest BCUT2D eigenvalue weighted by molar-refractivity contribution is -0.124. The van der Waals surface area contributed by atoms with Gasteiger partial charge in [0.1, 0.15) is 12.3 Å². The number of hydrogen-bond donors (Lipinski definition) is 1. The number of amides is 1. The number of carbonyl (C=O) groups is 1. The van der Waals surface area contributed by atoms with E-state index in [4.69, 9.17) is 33.3 Å². The predicted octanol–water partition coefficient (Wildman–Crippen LogP) is 6.31. The van der Waals surface area contributed by atoms with Crippen LogP contribution in [-0.2, 0) is 11.4 Å². The van der Waals surface area contributed by atoms with E-state index < -0.39 is 0 Å². The first kappa shape index (κ1) is 24.3. The Morgan fingerprint density at radius 1 is 1.18 bits per heavy atom. The van der Waals surface area contributed by atoms with Crippen LogP contribution in [-0.4, -0.2) is 28.6 Å². The topological polar surface area (TPSA) is 50.8 Å². The normalized spacial score (nSPS) is 18.0. The molecule has 2 fully saturated rings. The van der Waals surface area contributed by atoms with E-state index in [-0.39, 0.29) is 11.9 Å². The van der Waals surface area contributed by atoms with Gasteiger partial charge in [-0.05, 0) is 96.0 Å². The van der Waals surface area contributed by atoms with Crippen LogP contribution in [0.5, 0.6) is 11.5 Å². The predicted molar refractivity (Wildman–Crippen MR) is 144 cm³/mol. The van der Waals surface area contributed by atoms with E-state index in [1.807, 2.05) is 49.4 Å². The lowest BCUT2D eigenvalue weighted by Gasteiger charge is -2.29. The molecule has 2 aliphatic rings. The molecule has 0 unspecified atom stereocenters. The smallest absolute Gasteiger partial charge is 0.276 e. The summed E-state index contributed by atoms with van der Waals surface area (Å²) in [6.07, 6.45) is 7.37. The summed E-state index contributed by atoms with van der Waals surface area (Å²) in [7, 11) is 0. The van der Waals surface area contributed by atoms with Gasteiger partial charge in [-0.25, -0.2) is 0 Å². The van der Waals surface area contributed by atoms with E-state index in [0.29, 0.717) is 40.5 Å². The molecule has 1 aliphatic heterocycles. The summed E-state index contributed by atoms with van der Waals surface area (Å²) in [6.45, 7) is 2.84. The van der Waals surface area contributed by atoms with Crippen molar-refractivity contribution in [1.29, 1.82) is 0 Å². The summed E-state index contributed by atoms with van der Waals surface area (Å²) in [5.74, 6) is 1.27. The summed E-state index contributed by atoms with van der Waals surface area (Å²) in [6, 6.07) is 11.6. The van der Waals surface area contributed by atoms with Crippen LogP contribution in [0.25, 0.3) is 6.08 Å². The van der Waals surface area contributed by atoms with Gasteiger partial charge in [-0.2, -0.15) is 0 Å². The van der Waals surface area contributed by atoms with Crippen LogP contribution >= 0.6 is 46.4 Å². The van der Waals surface area contributed by atoms with Crippen molar-refractivity contribution in [2.75, 3.05) is 6.61 Å². The van der Waals surface area contributed by atoms with Gasteiger partial charge in [-0.3, -0.25) is 9.69 Å². The van der Waals surface area contributed by atoms with Gasteiger partial charge in [0.25, 0.3) is 5.91 Å². The number of benzene rings is 2. The Hall–Kier alpha value is -1.84. The molecule has 2 aromatic carbocycles. The Morgan fingerprint density at radius 3 is 2.61 bits per heavy atom. The quantitative estimate of drug-likeness (QED) is 0.231. The number of halogens is 2. The Balaban J connectivity index is 1.55. The monoisotopic (exact) mass is 596 g/mol. The largest absolute Gasteiger partial charge is 0.490 e. The third-order valence-corrected chi connectivity index (χ3v) is 7.14. The number of thiocarbonyl (C=S) groups is 1. The minimum atomic E-state index is -0.0528. The van der Waals surface area contributed by atoms with E-state index in [1.165, 1.54) is 6.42 Å². The maximum absolute atomic E-state index is 13.1. The number of ether oxygens (including phenoxy) is 2. The standard InChI is InChI=1S/C25H26ClIN2O3S/c1-2-31-22-14-17(12-20(27)23(22)32-15-16-8-10-18(26)11-9-16)13-21-24(30)29(25(33)28-21)19-6-4-3-5-7-19/h8-14,19H,2-7,15H2,1H3,(H,28,33)/b21-13-. The molecule has 1 N–H and O–H groups in total. The van der Waals surface area contributed by atoms with Crippen molar-refractivity contribution in [2.24, 2.45) is 0 Å². The van der Waals surface area contributed by atoms with Gasteiger partial charge in [0.15, 0.2) is 16.6 Å². The molecule has 1 saturated heterocycles. The number of rotatable bonds is 7. The van der Waals surface area contributed by atoms with Gasteiger partial charge in [0.2, 0.25) is 0 Å². The van der Waals surface area contributed by atoms with Gasteiger partial charge < -0.3 is 14.8 Å². The molecule has 0 radical (unpaired) electrons. The van der Waals surface area contributed by atoms with E-state index in [1.54, 1.807) is 4.90 Å². The first-order valence-corrected chi connectivity index (χ1v) is 13.0. The van der Waals surface area contributed by atoms with Crippen LogP contribution in [0.3, 0.4) is 0 Å². The number of hydrogen-bond acceptors (Lipinski definition) is 4. The highest BCUT2D eigenvalue weighted by atomic mass is 127. The molecule has 2 aromatic rings. The molecule has 0 spiro atoms. The molecule has 0 aromatic heterocycles. The third-order valence-electron chi connectivity index (χ3n) is 5.79. The molecule has 5 nitrogen and oxygen atoms in total. The first-order valence-electron chi connectivity index (χ1n) is 11.2. The fourth-order valence-corrected chi connectivity index (χ4v) is 5.45. The van der Waals surface area contributed by atoms with Crippen molar-refractivity contribution in [3.63, 3.8) is 0 Å². The zero-order chi connectivity index (χ0) is 23.4. The zero-order valence-corrected chi connectivity index (χ0v) is 22.1. The highest BCUT2D eigenvalue weighted by Crippen LogP contribution is 2.36. The van der Waals surface area contributed by atoms with E-state index >= 15 is 0 Å². The van der Waals surface area contributed by atoms with Crippen molar-refractivity contribution in [3.05, 3.63) is 61.8 Å². The van der Waals surface area contributed by atoms with Crippen molar-refractivity contribution >= 4 is 63.5 Å². The van der Waals surface area contributed by atoms with Crippen LogP contribution in [0.4, 0.5) is 0 Å². The fraction of sp³-hybridized carbons (Fsp3) is 0.360. The maximum Gasteiger partial charge on any atom is 0.276 e. The van der Waals surface area contributed by atoms with Crippen molar-refractivity contribution in [1.82, 2.24) is 10.2 Å². The molecule has 1 amide bonds. The van der Waals surface area contributed by atoms with Crippen LogP contribution in [0.2, 0.25) is 5.02 Å². The molecule has 174 valence electrons. The van der Waals surface area contributed by atoms with E-state index in [9.17, 15) is 4.79 Å². The lowest BCUT2D eigenvalue weighted by atomic mass is 9.94. The zero-order valence-electron chi connectivity index (χ0n) is 18.4. The summed E-state index contributed by atoms with van der Waals surface area (Å²) < 4.78 is 12.9. The minimum absolute atomic E-state index is 0.0528. The van der Waals surface area contributed by atoms with Crippen LogP contribution in [0.1, 0.15) is 50.2 Å². The highest BCUT2D eigenvalue weighted by molar-refractivity contribution is 14.1. The molecule has 33 heavy (non-hydrogen) atoms. The Labute approximate surface area is 218 Å². The molecule has 1 heterocycles.